The first kappa shape index (κ1) is 20.3. The lowest BCUT2D eigenvalue weighted by Gasteiger charge is -2.11. The van der Waals surface area contributed by atoms with Gasteiger partial charge in [0, 0.05) is 24.6 Å². The number of hydrogen-bond donors (Lipinski definition) is 1. The van der Waals surface area contributed by atoms with Crippen LogP contribution in [0.3, 0.4) is 0 Å². The number of ether oxygens (including phenoxy) is 2. The monoisotopic (exact) mass is 396 g/mol. The Bertz CT molecular complexity index is 971. The van der Waals surface area contributed by atoms with E-state index in [1.165, 1.54) is 0 Å². The fourth-order valence-electron chi connectivity index (χ4n) is 2.70. The largest absolute Gasteiger partial charge is 0.490 e. The highest BCUT2D eigenvalue weighted by Gasteiger charge is 2.14. The lowest BCUT2D eigenvalue weighted by atomic mass is 10.2. The Balaban J connectivity index is 1.64. The van der Waals surface area contributed by atoms with E-state index >= 15 is 0 Å². The van der Waals surface area contributed by atoms with E-state index in [1.54, 1.807) is 6.20 Å². The van der Waals surface area contributed by atoms with Gasteiger partial charge in [0.1, 0.15) is 5.82 Å². The molecule has 0 aliphatic carbocycles. The van der Waals surface area contributed by atoms with Gasteiger partial charge in [0.05, 0.1) is 13.2 Å². The molecular formula is C21H24N4O4. The first-order valence-corrected chi connectivity index (χ1v) is 9.54. The van der Waals surface area contributed by atoms with Crippen LogP contribution in [0.1, 0.15) is 31.7 Å². The molecule has 0 spiro atoms. The highest BCUT2D eigenvalue weighted by Crippen LogP contribution is 2.32. The van der Waals surface area contributed by atoms with Crippen LogP contribution in [0.4, 0.5) is 5.82 Å². The first-order chi connectivity index (χ1) is 14.1. The average molecular weight is 396 g/mol. The average Bonchev–Trinajstić information content (AvgIpc) is 3.19. The van der Waals surface area contributed by atoms with Gasteiger partial charge in [0.15, 0.2) is 11.5 Å². The van der Waals surface area contributed by atoms with Crippen molar-refractivity contribution in [3.05, 3.63) is 48.0 Å². The molecule has 1 N–H and O–H groups in total. The summed E-state index contributed by atoms with van der Waals surface area (Å²) in [5, 5.41) is 6.80. The van der Waals surface area contributed by atoms with E-state index in [0.717, 1.165) is 11.1 Å². The number of carbonyl (C=O) groups excluding carboxylic acids is 1. The van der Waals surface area contributed by atoms with Gasteiger partial charge in [-0.25, -0.2) is 4.98 Å². The van der Waals surface area contributed by atoms with Crippen LogP contribution >= 0.6 is 0 Å². The number of rotatable bonds is 9. The van der Waals surface area contributed by atoms with Crippen molar-refractivity contribution in [3.8, 4) is 22.9 Å². The molecule has 8 heteroatoms. The van der Waals surface area contributed by atoms with Crippen molar-refractivity contribution in [1.82, 2.24) is 15.1 Å². The number of carbonyl (C=O) groups is 1. The molecule has 2 heterocycles. The summed E-state index contributed by atoms with van der Waals surface area (Å²) in [6, 6.07) is 9.20. The van der Waals surface area contributed by atoms with Gasteiger partial charge in [-0.15, -0.1) is 0 Å². The molecule has 0 saturated heterocycles. The van der Waals surface area contributed by atoms with Gasteiger partial charge in [-0.3, -0.25) is 4.79 Å². The summed E-state index contributed by atoms with van der Waals surface area (Å²) < 4.78 is 16.5. The smallest absolute Gasteiger partial charge is 0.227 e. The standard InChI is InChI=1S/C21H24N4O4/c1-4-27-16-9-8-15(13-17(16)28-5-2)21-24-19(29-25-21)11-10-18(26)23-20-14(3)7-6-12-22-20/h6-9,12-13H,4-5,10-11H2,1-3H3,(H,22,23,26). The quantitative estimate of drug-likeness (QED) is 0.587. The third-order valence-electron chi connectivity index (χ3n) is 4.10. The van der Waals surface area contributed by atoms with Crippen molar-refractivity contribution in [2.75, 3.05) is 18.5 Å². The lowest BCUT2D eigenvalue weighted by Crippen LogP contribution is -2.14. The molecule has 29 heavy (non-hydrogen) atoms. The molecule has 0 aliphatic rings. The molecule has 1 amide bonds. The minimum atomic E-state index is -0.161. The third-order valence-corrected chi connectivity index (χ3v) is 4.10. The van der Waals surface area contributed by atoms with Gasteiger partial charge in [0.2, 0.25) is 17.6 Å². The molecule has 2 aromatic heterocycles. The number of hydrogen-bond acceptors (Lipinski definition) is 7. The fraction of sp³-hybridized carbons (Fsp3) is 0.333. The van der Waals surface area contributed by atoms with Crippen molar-refractivity contribution in [2.24, 2.45) is 0 Å². The molecule has 0 atom stereocenters. The maximum absolute atomic E-state index is 12.2. The highest BCUT2D eigenvalue weighted by molar-refractivity contribution is 5.90. The van der Waals surface area contributed by atoms with Gasteiger partial charge < -0.3 is 19.3 Å². The number of aryl methyl sites for hydroxylation is 2. The predicted molar refractivity (Wildman–Crippen MR) is 108 cm³/mol. The second-order valence-corrected chi connectivity index (χ2v) is 6.26. The van der Waals surface area contributed by atoms with Crippen LogP contribution < -0.4 is 14.8 Å². The van der Waals surface area contributed by atoms with E-state index in [2.05, 4.69) is 20.4 Å². The van der Waals surface area contributed by atoms with E-state index < -0.39 is 0 Å². The molecule has 3 aromatic rings. The van der Waals surface area contributed by atoms with Crippen LogP contribution in [-0.4, -0.2) is 34.2 Å². The summed E-state index contributed by atoms with van der Waals surface area (Å²) in [5.41, 5.74) is 1.65. The Labute approximate surface area is 169 Å². The van der Waals surface area contributed by atoms with Gasteiger partial charge in [-0.2, -0.15) is 4.98 Å². The van der Waals surface area contributed by atoms with Crippen molar-refractivity contribution < 1.29 is 18.8 Å². The Morgan fingerprint density at radius 2 is 1.93 bits per heavy atom. The first-order valence-electron chi connectivity index (χ1n) is 9.54. The van der Waals surface area contributed by atoms with Crippen LogP contribution in [0.25, 0.3) is 11.4 Å². The summed E-state index contributed by atoms with van der Waals surface area (Å²) in [4.78, 5) is 20.7. The molecule has 0 bridgehead atoms. The maximum atomic E-state index is 12.2. The van der Waals surface area contributed by atoms with E-state index in [4.69, 9.17) is 14.0 Å². The van der Waals surface area contributed by atoms with Crippen LogP contribution in [0, 0.1) is 6.92 Å². The number of anilines is 1. The van der Waals surface area contributed by atoms with Gasteiger partial charge in [-0.1, -0.05) is 11.2 Å². The van der Waals surface area contributed by atoms with Crippen LogP contribution in [0.5, 0.6) is 11.5 Å². The Kier molecular flexibility index (Phi) is 6.78. The predicted octanol–water partition coefficient (Wildman–Crippen LogP) is 3.81. The van der Waals surface area contributed by atoms with Crippen molar-refractivity contribution in [1.29, 1.82) is 0 Å². The molecular weight excluding hydrogens is 372 g/mol. The van der Waals surface area contributed by atoms with E-state index in [0.29, 0.717) is 48.7 Å². The van der Waals surface area contributed by atoms with Crippen LogP contribution in [0.2, 0.25) is 0 Å². The molecule has 0 unspecified atom stereocenters. The van der Waals surface area contributed by atoms with Crippen LogP contribution in [0.15, 0.2) is 41.1 Å². The van der Waals surface area contributed by atoms with Gasteiger partial charge in [0.25, 0.3) is 0 Å². The molecule has 0 radical (unpaired) electrons. The van der Waals surface area contributed by atoms with Crippen molar-refractivity contribution >= 4 is 11.7 Å². The van der Waals surface area contributed by atoms with E-state index in [1.807, 2.05) is 51.1 Å². The summed E-state index contributed by atoms with van der Waals surface area (Å²) in [6.45, 7) is 6.78. The summed E-state index contributed by atoms with van der Waals surface area (Å²) >= 11 is 0. The molecule has 3 rings (SSSR count). The number of amides is 1. The second-order valence-electron chi connectivity index (χ2n) is 6.26. The van der Waals surface area contributed by atoms with E-state index in [-0.39, 0.29) is 12.3 Å². The Morgan fingerprint density at radius 1 is 1.14 bits per heavy atom. The third kappa shape index (κ3) is 5.31. The maximum Gasteiger partial charge on any atom is 0.227 e. The minimum Gasteiger partial charge on any atom is -0.490 e. The van der Waals surface area contributed by atoms with E-state index in [9.17, 15) is 4.79 Å². The number of nitrogens with one attached hydrogen (secondary N) is 1. The second kappa shape index (κ2) is 9.68. The Morgan fingerprint density at radius 3 is 2.69 bits per heavy atom. The van der Waals surface area contributed by atoms with Crippen molar-refractivity contribution in [2.45, 2.75) is 33.6 Å². The summed E-state index contributed by atoms with van der Waals surface area (Å²) in [6.07, 6.45) is 2.19. The SMILES string of the molecule is CCOc1ccc(-c2noc(CCC(=O)Nc3ncccc3C)n2)cc1OCC. The molecule has 152 valence electrons. The summed E-state index contributed by atoms with van der Waals surface area (Å²) in [7, 11) is 0. The minimum absolute atomic E-state index is 0.161. The molecule has 1 aromatic carbocycles. The van der Waals surface area contributed by atoms with Crippen molar-refractivity contribution in [3.63, 3.8) is 0 Å². The lowest BCUT2D eigenvalue weighted by molar-refractivity contribution is -0.116. The number of nitrogens with zero attached hydrogens (tertiary/aromatic N) is 3. The Hall–Kier alpha value is -3.42. The normalized spacial score (nSPS) is 10.6. The molecule has 0 aliphatic heterocycles. The molecule has 0 saturated carbocycles. The topological polar surface area (TPSA) is 99.4 Å². The molecule has 8 nitrogen and oxygen atoms in total. The zero-order valence-corrected chi connectivity index (χ0v) is 16.8. The van der Waals surface area contributed by atoms with Crippen LogP contribution in [-0.2, 0) is 11.2 Å². The summed E-state index contributed by atoms with van der Waals surface area (Å²) in [5.74, 6) is 2.52. The highest BCUT2D eigenvalue weighted by atomic mass is 16.5. The molecule has 0 fully saturated rings. The number of benzene rings is 1. The zero-order chi connectivity index (χ0) is 20.6. The zero-order valence-electron chi connectivity index (χ0n) is 16.8. The number of pyridine rings is 1. The van der Waals surface area contributed by atoms with Gasteiger partial charge in [-0.05, 0) is 50.6 Å². The number of aromatic nitrogens is 3. The fourth-order valence-corrected chi connectivity index (χ4v) is 2.70. The van der Waals surface area contributed by atoms with Gasteiger partial charge >= 0.3 is 0 Å².